The Kier molecular flexibility index (Phi) is 4.44. The normalized spacial score (nSPS) is 9.60. The van der Waals surface area contributed by atoms with E-state index >= 15 is 0 Å². The number of hydrogen-bond acceptors (Lipinski definition) is 4. The van der Waals surface area contributed by atoms with Gasteiger partial charge in [-0.25, -0.2) is 0 Å². The zero-order valence-corrected chi connectivity index (χ0v) is 11.0. The molecule has 0 aliphatic rings. The summed E-state index contributed by atoms with van der Waals surface area (Å²) in [7, 11) is 0. The van der Waals surface area contributed by atoms with Crippen LogP contribution in [-0.2, 0) is 0 Å². The number of nitriles is 2. The highest BCUT2D eigenvalue weighted by Gasteiger charge is 2.11. The van der Waals surface area contributed by atoms with Gasteiger partial charge in [0.15, 0.2) is 0 Å². The van der Waals surface area contributed by atoms with Gasteiger partial charge in [-0.2, -0.15) is 0 Å². The van der Waals surface area contributed by atoms with Crippen LogP contribution in [0, 0.1) is 23.0 Å². The smallest absolute Gasteiger partial charge is 0.292 e. The number of nitrogens with zero attached hydrogens (tertiary/aromatic N) is 2. The summed E-state index contributed by atoms with van der Waals surface area (Å²) in [4.78, 5) is 0. The molecule has 0 fully saturated rings. The van der Waals surface area contributed by atoms with Crippen LogP contribution in [0.4, 0.5) is 0 Å². The Bertz CT molecular complexity index is 595. The van der Waals surface area contributed by atoms with Crippen LogP contribution in [0.1, 0.15) is 16.5 Å². The summed E-state index contributed by atoms with van der Waals surface area (Å²) in [5.74, 6) is 0.941. The number of halogens is 1. The molecule has 0 radical (unpaired) electrons. The van der Waals surface area contributed by atoms with Crippen LogP contribution >= 0.6 is 11.6 Å². The summed E-state index contributed by atoms with van der Waals surface area (Å²) in [5.41, 5.74) is 1.76. The molecule has 0 N–H and O–H groups in total. The van der Waals surface area contributed by atoms with Crippen LogP contribution in [0.15, 0.2) is 48.5 Å². The number of rotatable bonds is 4. The lowest BCUT2D eigenvalue weighted by Gasteiger charge is -2.11. The third kappa shape index (κ3) is 3.20. The molecule has 98 valence electrons. The molecular weight excluding hydrogens is 276 g/mol. The van der Waals surface area contributed by atoms with E-state index in [1.165, 1.54) is 0 Å². The first kappa shape index (κ1) is 13.7. The number of benzene rings is 2. The fourth-order valence-electron chi connectivity index (χ4n) is 1.71. The highest BCUT2D eigenvalue weighted by Crippen LogP contribution is 2.30. The molecule has 0 saturated heterocycles. The van der Waals surface area contributed by atoms with E-state index in [4.69, 9.17) is 31.6 Å². The molecule has 5 heteroatoms. The predicted molar refractivity (Wildman–Crippen MR) is 73.1 cm³/mol. The van der Waals surface area contributed by atoms with Crippen LogP contribution in [0.5, 0.6) is 11.5 Å². The van der Waals surface area contributed by atoms with Gasteiger partial charge in [0.05, 0.1) is 5.38 Å². The Balaban J connectivity index is 2.16. The van der Waals surface area contributed by atoms with E-state index in [9.17, 15) is 0 Å². The molecule has 0 saturated carbocycles. The minimum absolute atomic E-state index is 0.331. The van der Waals surface area contributed by atoms with Gasteiger partial charge in [-0.15, -0.1) is 22.1 Å². The van der Waals surface area contributed by atoms with Gasteiger partial charge in [0, 0.05) is 0 Å². The van der Waals surface area contributed by atoms with Crippen molar-refractivity contribution in [3.63, 3.8) is 0 Å². The van der Waals surface area contributed by atoms with E-state index in [1.807, 2.05) is 0 Å². The Labute approximate surface area is 121 Å². The first-order valence-corrected chi connectivity index (χ1v) is 6.14. The van der Waals surface area contributed by atoms with Crippen molar-refractivity contribution in [2.45, 2.75) is 5.38 Å². The van der Waals surface area contributed by atoms with E-state index in [2.05, 4.69) is 0 Å². The highest BCUT2D eigenvalue weighted by molar-refractivity contribution is 6.22. The van der Waals surface area contributed by atoms with Crippen LogP contribution in [0.3, 0.4) is 0 Å². The largest absolute Gasteiger partial charge is 0.388 e. The fourth-order valence-corrected chi connectivity index (χ4v) is 2.00. The van der Waals surface area contributed by atoms with Gasteiger partial charge >= 0.3 is 0 Å². The molecule has 0 aromatic heterocycles. The Morgan fingerprint density at radius 3 is 1.40 bits per heavy atom. The van der Waals surface area contributed by atoms with Crippen molar-refractivity contribution in [2.24, 2.45) is 0 Å². The standard InChI is InChI=1S/C15H9ClN2O2/c16-15(11-1-5-13(6-2-11)19-9-17)12-3-7-14(8-4-12)20-10-18/h1-8,15H. The topological polar surface area (TPSA) is 66.0 Å². The van der Waals surface area contributed by atoms with Crippen LogP contribution < -0.4 is 9.47 Å². The molecule has 0 atom stereocenters. The molecule has 0 aliphatic heterocycles. The molecular formula is C15H9ClN2O2. The van der Waals surface area contributed by atoms with Crippen molar-refractivity contribution in [2.75, 3.05) is 0 Å². The number of ether oxygens (including phenoxy) is 2. The van der Waals surface area contributed by atoms with Crippen molar-refractivity contribution in [1.29, 1.82) is 10.5 Å². The van der Waals surface area contributed by atoms with E-state index in [0.29, 0.717) is 11.5 Å². The van der Waals surface area contributed by atoms with E-state index < -0.39 is 0 Å². The van der Waals surface area contributed by atoms with Gasteiger partial charge in [-0.3, -0.25) is 0 Å². The van der Waals surface area contributed by atoms with Gasteiger partial charge < -0.3 is 9.47 Å². The lowest BCUT2D eigenvalue weighted by atomic mass is 10.0. The molecule has 0 aliphatic carbocycles. The molecule has 2 rings (SSSR count). The third-order valence-electron chi connectivity index (χ3n) is 2.67. The maximum atomic E-state index is 8.41. The second-order valence-electron chi connectivity index (χ2n) is 3.89. The van der Waals surface area contributed by atoms with Gasteiger partial charge in [-0.1, -0.05) is 24.3 Å². The average molecular weight is 285 g/mol. The molecule has 0 unspecified atom stereocenters. The quantitative estimate of drug-likeness (QED) is 0.634. The number of hydrogen-bond donors (Lipinski definition) is 0. The van der Waals surface area contributed by atoms with Crippen molar-refractivity contribution in [3.05, 3.63) is 59.7 Å². The maximum Gasteiger partial charge on any atom is 0.292 e. The zero-order chi connectivity index (χ0) is 14.4. The van der Waals surface area contributed by atoms with Crippen molar-refractivity contribution in [1.82, 2.24) is 0 Å². The summed E-state index contributed by atoms with van der Waals surface area (Å²) in [6.45, 7) is 0. The molecule has 0 heterocycles. The average Bonchev–Trinajstić information content (AvgIpc) is 2.49. The molecule has 0 bridgehead atoms. The summed E-state index contributed by atoms with van der Waals surface area (Å²) in [6.07, 6.45) is 3.22. The minimum atomic E-state index is -0.331. The Morgan fingerprint density at radius 2 is 1.10 bits per heavy atom. The van der Waals surface area contributed by atoms with Gasteiger partial charge in [0.1, 0.15) is 11.5 Å². The Hall–Kier alpha value is -2.69. The second-order valence-corrected chi connectivity index (χ2v) is 4.32. The zero-order valence-electron chi connectivity index (χ0n) is 10.3. The van der Waals surface area contributed by atoms with Gasteiger partial charge in [0.2, 0.25) is 0 Å². The molecule has 0 amide bonds. The summed E-state index contributed by atoms with van der Waals surface area (Å²) >= 11 is 6.38. The third-order valence-corrected chi connectivity index (χ3v) is 3.18. The van der Waals surface area contributed by atoms with E-state index in [1.54, 1.807) is 61.0 Å². The maximum absolute atomic E-state index is 8.41. The van der Waals surface area contributed by atoms with Crippen molar-refractivity contribution in [3.8, 4) is 24.0 Å². The van der Waals surface area contributed by atoms with E-state index in [-0.39, 0.29) is 5.38 Å². The van der Waals surface area contributed by atoms with Gasteiger partial charge in [-0.05, 0) is 35.4 Å². The molecule has 20 heavy (non-hydrogen) atoms. The molecule has 2 aromatic carbocycles. The lowest BCUT2D eigenvalue weighted by Crippen LogP contribution is -1.93. The number of alkyl halides is 1. The first-order valence-electron chi connectivity index (χ1n) is 5.70. The first-order chi connectivity index (χ1) is 9.74. The molecule has 0 spiro atoms. The summed E-state index contributed by atoms with van der Waals surface area (Å²) in [5, 5.41) is 16.5. The summed E-state index contributed by atoms with van der Waals surface area (Å²) in [6, 6.07) is 13.9. The second kappa shape index (κ2) is 6.47. The predicted octanol–water partition coefficient (Wildman–Crippen LogP) is 3.73. The SMILES string of the molecule is N#COc1ccc(C(Cl)c2ccc(OC#N)cc2)cc1. The van der Waals surface area contributed by atoms with Crippen LogP contribution in [-0.4, -0.2) is 0 Å². The molecule has 4 nitrogen and oxygen atoms in total. The Morgan fingerprint density at radius 1 is 0.750 bits per heavy atom. The summed E-state index contributed by atoms with van der Waals surface area (Å²) < 4.78 is 9.41. The fraction of sp³-hybridized carbons (Fsp3) is 0.0667. The van der Waals surface area contributed by atoms with Crippen LogP contribution in [0.25, 0.3) is 0 Å². The monoisotopic (exact) mass is 284 g/mol. The lowest BCUT2D eigenvalue weighted by molar-refractivity contribution is 0.507. The van der Waals surface area contributed by atoms with Crippen LogP contribution in [0.2, 0.25) is 0 Å². The molecule has 2 aromatic rings. The van der Waals surface area contributed by atoms with E-state index in [0.717, 1.165) is 11.1 Å². The van der Waals surface area contributed by atoms with Crippen molar-refractivity contribution >= 4 is 11.6 Å². The minimum Gasteiger partial charge on any atom is -0.388 e. The van der Waals surface area contributed by atoms with Crippen molar-refractivity contribution < 1.29 is 9.47 Å². The highest BCUT2D eigenvalue weighted by atomic mass is 35.5. The van der Waals surface area contributed by atoms with Gasteiger partial charge in [0.25, 0.3) is 12.5 Å².